The van der Waals surface area contributed by atoms with Crippen molar-refractivity contribution in [2.24, 2.45) is 0 Å². The van der Waals surface area contributed by atoms with Gasteiger partial charge in [0.05, 0.1) is 0 Å². The summed E-state index contributed by atoms with van der Waals surface area (Å²) in [5.74, 6) is -6.82. The molecule has 0 saturated heterocycles. The van der Waals surface area contributed by atoms with Crippen LogP contribution in [0.4, 0.5) is 0 Å². The lowest BCUT2D eigenvalue weighted by Crippen LogP contribution is -2.72. The standard InChI is InChI=1S/C12H23O15P/c13-1-3(15)7(19)11(23,8(20)4(1)16)26-28(25)27-12(24)9(21)5(17)2(14)6(18)10(12)22/h1-10,13-24,28H/t1-,2-,3-,4+,5-,6+,7-,8-,9-,10-,11-,12-/m1/s1. The highest BCUT2D eigenvalue weighted by atomic mass is 31.1. The van der Waals surface area contributed by atoms with Gasteiger partial charge in [-0.05, 0) is 0 Å². The number of hydrogen-bond acceptors (Lipinski definition) is 15. The van der Waals surface area contributed by atoms with E-state index in [1.165, 1.54) is 0 Å². The molecule has 16 heteroatoms. The summed E-state index contributed by atoms with van der Waals surface area (Å²) in [6.07, 6.45) is -23.6. The molecule has 0 aromatic heterocycles. The fourth-order valence-corrected chi connectivity index (χ4v) is 4.07. The summed E-state index contributed by atoms with van der Waals surface area (Å²) in [6, 6.07) is 0. The zero-order valence-corrected chi connectivity index (χ0v) is 14.9. The van der Waals surface area contributed by atoms with Gasteiger partial charge in [-0.2, -0.15) is 0 Å². The molecule has 0 radical (unpaired) electrons. The van der Waals surface area contributed by atoms with Gasteiger partial charge in [0.25, 0.3) is 0 Å². The highest BCUT2D eigenvalue weighted by Crippen LogP contribution is 2.44. The summed E-state index contributed by atoms with van der Waals surface area (Å²) in [6.45, 7) is 0. The lowest BCUT2D eigenvalue weighted by molar-refractivity contribution is -0.349. The molecule has 28 heavy (non-hydrogen) atoms. The Kier molecular flexibility index (Phi) is 6.90. The minimum absolute atomic E-state index is 2.13. The molecule has 0 aromatic carbocycles. The molecule has 2 fully saturated rings. The molecule has 12 atom stereocenters. The molecule has 2 aliphatic carbocycles. The molecule has 2 aliphatic rings. The van der Waals surface area contributed by atoms with E-state index in [1.807, 2.05) is 0 Å². The maximum atomic E-state index is 12.1. The molecule has 0 aliphatic heterocycles. The van der Waals surface area contributed by atoms with E-state index in [1.54, 1.807) is 0 Å². The van der Waals surface area contributed by atoms with E-state index in [0.29, 0.717) is 0 Å². The van der Waals surface area contributed by atoms with Crippen LogP contribution in [0.1, 0.15) is 0 Å². The predicted molar refractivity (Wildman–Crippen MR) is 81.1 cm³/mol. The summed E-state index contributed by atoms with van der Waals surface area (Å²) in [4.78, 5) is 0. The van der Waals surface area contributed by atoms with Crippen LogP contribution in [0.15, 0.2) is 0 Å². The number of aliphatic hydroxyl groups excluding tert-OH is 10. The first kappa shape index (κ1) is 23.9. The van der Waals surface area contributed by atoms with Crippen LogP contribution in [0.25, 0.3) is 0 Å². The molecule has 15 nitrogen and oxygen atoms in total. The van der Waals surface area contributed by atoms with E-state index in [9.17, 15) is 65.8 Å². The van der Waals surface area contributed by atoms with Crippen LogP contribution in [-0.4, -0.2) is 134 Å². The predicted octanol–water partition coefficient (Wildman–Crippen LogP) is -7.58. The average Bonchev–Trinajstić information content (AvgIpc) is 2.65. The Morgan fingerprint density at radius 3 is 0.929 bits per heavy atom. The smallest absolute Gasteiger partial charge is 0.324 e. The summed E-state index contributed by atoms with van der Waals surface area (Å²) >= 11 is 0. The quantitative estimate of drug-likeness (QED) is 0.143. The van der Waals surface area contributed by atoms with Gasteiger partial charge in [-0.3, -0.25) is 13.6 Å². The van der Waals surface area contributed by atoms with Crippen molar-refractivity contribution in [3.8, 4) is 0 Å². The summed E-state index contributed by atoms with van der Waals surface area (Å²) in [5, 5.41) is 117. The second kappa shape index (κ2) is 8.07. The Morgan fingerprint density at radius 1 is 0.500 bits per heavy atom. The summed E-state index contributed by atoms with van der Waals surface area (Å²) in [7, 11) is -4.36. The molecule has 0 spiro atoms. The molecule has 12 N–H and O–H groups in total. The molecule has 0 aromatic rings. The third kappa shape index (κ3) is 3.62. The van der Waals surface area contributed by atoms with E-state index in [2.05, 4.69) is 9.05 Å². The van der Waals surface area contributed by atoms with E-state index in [-0.39, 0.29) is 0 Å². The van der Waals surface area contributed by atoms with Gasteiger partial charge in [0.15, 0.2) is 0 Å². The zero-order chi connectivity index (χ0) is 21.8. The molecular weight excluding hydrogens is 415 g/mol. The highest BCUT2D eigenvalue weighted by molar-refractivity contribution is 7.33. The Bertz CT molecular complexity index is 509. The van der Waals surface area contributed by atoms with Gasteiger partial charge >= 0.3 is 8.25 Å². The van der Waals surface area contributed by atoms with Gasteiger partial charge in [0, 0.05) is 0 Å². The summed E-state index contributed by atoms with van der Waals surface area (Å²) in [5.41, 5.74) is 0. The Hall–Kier alpha value is -0.330. The lowest BCUT2D eigenvalue weighted by Gasteiger charge is -2.48. The van der Waals surface area contributed by atoms with Crippen LogP contribution in [0.2, 0.25) is 0 Å². The first-order valence-electron chi connectivity index (χ1n) is 7.87. The van der Waals surface area contributed by atoms with Crippen LogP contribution in [-0.2, 0) is 13.6 Å². The van der Waals surface area contributed by atoms with Gasteiger partial charge < -0.3 is 61.3 Å². The van der Waals surface area contributed by atoms with Gasteiger partial charge in [-0.1, -0.05) is 0 Å². The van der Waals surface area contributed by atoms with Crippen molar-refractivity contribution in [3.63, 3.8) is 0 Å². The molecule has 0 bridgehead atoms. The number of aliphatic hydroxyl groups is 12. The fourth-order valence-electron chi connectivity index (χ4n) is 3.01. The van der Waals surface area contributed by atoms with E-state index < -0.39 is 80.9 Å². The first-order chi connectivity index (χ1) is 12.7. The summed E-state index contributed by atoms with van der Waals surface area (Å²) < 4.78 is 20.9. The third-order valence-corrected chi connectivity index (χ3v) is 5.87. The van der Waals surface area contributed by atoms with Gasteiger partial charge in [0.1, 0.15) is 61.0 Å². The van der Waals surface area contributed by atoms with Crippen molar-refractivity contribution in [1.82, 2.24) is 0 Å². The van der Waals surface area contributed by atoms with Crippen molar-refractivity contribution in [2.75, 3.05) is 0 Å². The van der Waals surface area contributed by atoms with Gasteiger partial charge in [-0.15, -0.1) is 0 Å². The average molecular weight is 438 g/mol. The van der Waals surface area contributed by atoms with E-state index >= 15 is 0 Å². The second-order valence-electron chi connectivity index (χ2n) is 6.68. The Labute approximate surface area is 156 Å². The van der Waals surface area contributed by atoms with Crippen molar-refractivity contribution in [2.45, 2.75) is 72.6 Å². The van der Waals surface area contributed by atoms with Crippen LogP contribution in [0.5, 0.6) is 0 Å². The normalized spacial score (nSPS) is 55.5. The maximum Gasteiger partial charge on any atom is 0.324 e. The number of rotatable bonds is 4. The Morgan fingerprint density at radius 2 is 0.714 bits per heavy atom. The highest BCUT2D eigenvalue weighted by Gasteiger charge is 2.62. The van der Waals surface area contributed by atoms with Crippen molar-refractivity contribution < 1.29 is 74.9 Å². The van der Waals surface area contributed by atoms with Gasteiger partial charge in [-0.25, -0.2) is 0 Å². The topological polar surface area (TPSA) is 278 Å². The van der Waals surface area contributed by atoms with Crippen LogP contribution < -0.4 is 0 Å². The molecule has 2 saturated carbocycles. The van der Waals surface area contributed by atoms with Crippen LogP contribution in [0, 0.1) is 0 Å². The monoisotopic (exact) mass is 438 g/mol. The van der Waals surface area contributed by atoms with E-state index in [0.717, 1.165) is 0 Å². The van der Waals surface area contributed by atoms with Gasteiger partial charge in [0.2, 0.25) is 11.6 Å². The molecule has 2 rings (SSSR count). The van der Waals surface area contributed by atoms with Crippen LogP contribution >= 0.6 is 8.25 Å². The molecule has 0 amide bonds. The largest absolute Gasteiger partial charge is 0.387 e. The van der Waals surface area contributed by atoms with Crippen molar-refractivity contribution in [3.05, 3.63) is 0 Å². The van der Waals surface area contributed by atoms with E-state index in [4.69, 9.17) is 0 Å². The zero-order valence-electron chi connectivity index (χ0n) is 13.9. The van der Waals surface area contributed by atoms with Crippen molar-refractivity contribution >= 4 is 8.25 Å². The SMILES string of the molecule is O=[PH](O[C@]1(O)[C@H](O)[C@H](O)[C@@H](O)[C@H](O)[C@H]1O)O[C@]1(O)[C@H](O)[C@H](O)[C@@H](O)[C@H](O)[C@H]1O. The minimum Gasteiger partial charge on any atom is -0.387 e. The molecular formula is C12H23O15P. The molecule has 0 heterocycles. The van der Waals surface area contributed by atoms with Crippen molar-refractivity contribution in [1.29, 1.82) is 0 Å². The second-order valence-corrected chi connectivity index (χ2v) is 7.59. The first-order valence-corrected chi connectivity index (χ1v) is 9.10. The molecule has 0 unspecified atom stereocenters. The Balaban J connectivity index is 2.22. The lowest BCUT2D eigenvalue weighted by atomic mass is 9.82. The molecule has 166 valence electrons. The third-order valence-electron chi connectivity index (χ3n) is 4.88. The number of hydrogen-bond donors (Lipinski definition) is 12. The van der Waals surface area contributed by atoms with Crippen LogP contribution in [0.3, 0.4) is 0 Å². The minimum atomic E-state index is -4.36. The fraction of sp³-hybridized carbons (Fsp3) is 1.00. The maximum absolute atomic E-state index is 12.1.